The molecule has 0 unspecified atom stereocenters. The van der Waals surface area contributed by atoms with E-state index in [0.29, 0.717) is 31.5 Å². The number of nitrogens with zero attached hydrogens (tertiary/aromatic N) is 1. The van der Waals surface area contributed by atoms with Gasteiger partial charge in [-0.15, -0.1) is 0 Å². The van der Waals surface area contributed by atoms with Gasteiger partial charge in [0.25, 0.3) is 0 Å². The normalized spacial score (nSPS) is 15.5. The third-order valence-corrected chi connectivity index (χ3v) is 5.69. The first-order valence-corrected chi connectivity index (χ1v) is 9.94. The van der Waals surface area contributed by atoms with E-state index in [1.54, 1.807) is 6.07 Å². The van der Waals surface area contributed by atoms with Crippen LogP contribution in [0, 0.1) is 5.92 Å². The molecule has 0 spiro atoms. The second-order valence-corrected chi connectivity index (χ2v) is 8.44. The van der Waals surface area contributed by atoms with E-state index in [9.17, 15) is 18.0 Å². The summed E-state index contributed by atoms with van der Waals surface area (Å²) in [5, 5.41) is 0. The van der Waals surface area contributed by atoms with Crippen LogP contribution < -0.4 is 15.4 Å². The van der Waals surface area contributed by atoms with Gasteiger partial charge >= 0.3 is 6.09 Å². The molecule has 1 aromatic rings. The predicted octanol–water partition coefficient (Wildman–Crippen LogP) is 1.38. The van der Waals surface area contributed by atoms with Crippen molar-refractivity contribution in [2.24, 2.45) is 11.7 Å². The van der Waals surface area contributed by atoms with Crippen molar-refractivity contribution < 1.29 is 22.7 Å². The molecule has 9 heteroatoms. The van der Waals surface area contributed by atoms with E-state index in [1.165, 1.54) is 24.1 Å². The van der Waals surface area contributed by atoms with E-state index >= 15 is 0 Å². The molecule has 0 saturated carbocycles. The summed E-state index contributed by atoms with van der Waals surface area (Å²) in [7, 11) is -2.61. The monoisotopic (exact) mass is 383 g/mol. The molecule has 1 atom stereocenters. The van der Waals surface area contributed by atoms with Crippen molar-refractivity contribution in [2.45, 2.75) is 44.0 Å². The lowest BCUT2D eigenvalue weighted by Crippen LogP contribution is -2.45. The van der Waals surface area contributed by atoms with Crippen LogP contribution in [-0.4, -0.2) is 40.1 Å². The van der Waals surface area contributed by atoms with Gasteiger partial charge in [0.15, 0.2) is 0 Å². The number of sulfonamides is 1. The van der Waals surface area contributed by atoms with Crippen molar-refractivity contribution in [1.29, 1.82) is 0 Å². The number of hydrogen-bond acceptors (Lipinski definition) is 5. The van der Waals surface area contributed by atoms with Crippen LogP contribution >= 0.6 is 0 Å². The van der Waals surface area contributed by atoms with Crippen LogP contribution in [0.5, 0.6) is 0 Å². The topological polar surface area (TPSA) is 119 Å². The van der Waals surface area contributed by atoms with Crippen molar-refractivity contribution in [1.82, 2.24) is 4.72 Å². The van der Waals surface area contributed by atoms with Crippen LogP contribution in [0.3, 0.4) is 0 Å². The molecule has 1 aromatic carbocycles. The van der Waals surface area contributed by atoms with Gasteiger partial charge in [-0.3, -0.25) is 9.69 Å². The number of anilines is 1. The summed E-state index contributed by atoms with van der Waals surface area (Å²) in [5.41, 5.74) is 6.70. The van der Waals surface area contributed by atoms with E-state index in [4.69, 9.17) is 10.5 Å². The summed E-state index contributed by atoms with van der Waals surface area (Å²) in [6, 6.07) is 3.56. The molecular weight excluding hydrogens is 358 g/mol. The number of benzene rings is 1. The van der Waals surface area contributed by atoms with Crippen LogP contribution in [0.25, 0.3) is 0 Å². The minimum absolute atomic E-state index is 0.0398. The highest BCUT2D eigenvalue weighted by Gasteiger charge is 2.28. The molecular formula is C17H25N3O5S. The van der Waals surface area contributed by atoms with Crippen molar-refractivity contribution in [3.8, 4) is 0 Å². The SMILES string of the molecule is COC(=O)N1CCCc2cc(S(=O)(=O)N[C@H](CC(C)C)C(N)=O)ccc21. The number of nitrogens with one attached hydrogen (secondary N) is 1. The highest BCUT2D eigenvalue weighted by Crippen LogP contribution is 2.30. The second-order valence-electron chi connectivity index (χ2n) is 6.72. The number of nitrogens with two attached hydrogens (primary N) is 1. The van der Waals surface area contributed by atoms with Crippen LogP contribution in [-0.2, 0) is 26.0 Å². The maximum absolute atomic E-state index is 12.7. The third-order valence-electron chi connectivity index (χ3n) is 4.22. The van der Waals surface area contributed by atoms with Gasteiger partial charge in [-0.2, -0.15) is 4.72 Å². The molecule has 1 aliphatic heterocycles. The van der Waals surface area contributed by atoms with Crippen molar-refractivity contribution in [3.05, 3.63) is 23.8 Å². The number of carbonyl (C=O) groups is 2. The largest absolute Gasteiger partial charge is 0.452 e. The van der Waals surface area contributed by atoms with Gasteiger partial charge in [0.05, 0.1) is 17.7 Å². The van der Waals surface area contributed by atoms with Gasteiger partial charge in [-0.05, 0) is 48.9 Å². The predicted molar refractivity (Wildman–Crippen MR) is 97.3 cm³/mol. The van der Waals surface area contributed by atoms with E-state index in [-0.39, 0.29) is 10.8 Å². The van der Waals surface area contributed by atoms with Crippen molar-refractivity contribution in [3.63, 3.8) is 0 Å². The minimum atomic E-state index is -3.91. The Balaban J connectivity index is 2.31. The van der Waals surface area contributed by atoms with Crippen molar-refractivity contribution >= 4 is 27.7 Å². The zero-order valence-electron chi connectivity index (χ0n) is 15.2. The Kier molecular flexibility index (Phi) is 6.25. The molecule has 0 fully saturated rings. The summed E-state index contributed by atoms with van der Waals surface area (Å²) < 4.78 is 32.5. The van der Waals surface area contributed by atoms with E-state index in [0.717, 1.165) is 5.56 Å². The van der Waals surface area contributed by atoms with Crippen LogP contribution in [0.2, 0.25) is 0 Å². The molecule has 1 heterocycles. The number of ether oxygens (including phenoxy) is 1. The molecule has 0 radical (unpaired) electrons. The molecule has 0 saturated heterocycles. The Hall–Kier alpha value is -2.13. The number of hydrogen-bond donors (Lipinski definition) is 2. The van der Waals surface area contributed by atoms with Gasteiger partial charge in [0.2, 0.25) is 15.9 Å². The molecule has 0 aliphatic carbocycles. The van der Waals surface area contributed by atoms with Crippen molar-refractivity contribution in [2.75, 3.05) is 18.6 Å². The fourth-order valence-corrected chi connectivity index (χ4v) is 4.26. The highest BCUT2D eigenvalue weighted by molar-refractivity contribution is 7.89. The standard InChI is InChI=1S/C17H25N3O5S/c1-11(2)9-14(16(18)21)19-26(23,24)13-6-7-15-12(10-13)5-4-8-20(15)17(22)25-3/h6-7,10-11,14,19H,4-5,8-9H2,1-3H3,(H2,18,21)/t14-/m1/s1. The fourth-order valence-electron chi connectivity index (χ4n) is 2.99. The zero-order chi connectivity index (χ0) is 19.5. The molecule has 1 aliphatic rings. The van der Waals surface area contributed by atoms with Crippen LogP contribution in [0.15, 0.2) is 23.1 Å². The first kappa shape index (κ1) is 20.2. The first-order chi connectivity index (χ1) is 12.2. The summed E-state index contributed by atoms with van der Waals surface area (Å²) >= 11 is 0. The molecule has 8 nitrogen and oxygen atoms in total. The summed E-state index contributed by atoms with van der Waals surface area (Å²) in [6.07, 6.45) is 1.19. The zero-order valence-corrected chi connectivity index (χ0v) is 16.0. The molecule has 144 valence electrons. The Morgan fingerprint density at radius 2 is 2.04 bits per heavy atom. The fraction of sp³-hybridized carbons (Fsp3) is 0.529. The lowest BCUT2D eigenvalue weighted by molar-refractivity contribution is -0.119. The number of primary amides is 1. The lowest BCUT2D eigenvalue weighted by Gasteiger charge is -2.28. The van der Waals surface area contributed by atoms with E-state index in [1.807, 2.05) is 13.8 Å². The summed E-state index contributed by atoms with van der Waals surface area (Å²) in [5.74, 6) is -0.607. The minimum Gasteiger partial charge on any atom is -0.452 e. The lowest BCUT2D eigenvalue weighted by atomic mass is 10.0. The molecule has 0 bridgehead atoms. The van der Waals surface area contributed by atoms with E-state index in [2.05, 4.69) is 4.72 Å². The number of methoxy groups -OCH3 is 1. The number of fused-ring (bicyclic) bond motifs is 1. The maximum Gasteiger partial charge on any atom is 0.414 e. The number of carbonyl (C=O) groups excluding carboxylic acids is 2. The highest BCUT2D eigenvalue weighted by atomic mass is 32.2. The Morgan fingerprint density at radius 3 is 2.62 bits per heavy atom. The molecule has 0 aromatic heterocycles. The molecule has 3 N–H and O–H groups in total. The Morgan fingerprint density at radius 1 is 1.35 bits per heavy atom. The smallest absolute Gasteiger partial charge is 0.414 e. The van der Waals surface area contributed by atoms with Gasteiger partial charge in [0.1, 0.15) is 6.04 Å². The van der Waals surface area contributed by atoms with Gasteiger partial charge in [0, 0.05) is 6.54 Å². The average Bonchev–Trinajstić information content (AvgIpc) is 2.58. The van der Waals surface area contributed by atoms with Crippen LogP contribution in [0.4, 0.5) is 10.5 Å². The van der Waals surface area contributed by atoms with Gasteiger partial charge in [-0.25, -0.2) is 13.2 Å². The summed E-state index contributed by atoms with van der Waals surface area (Å²) in [4.78, 5) is 24.9. The van der Waals surface area contributed by atoms with Crippen LogP contribution in [0.1, 0.15) is 32.3 Å². The second kappa shape index (κ2) is 8.05. The molecule has 26 heavy (non-hydrogen) atoms. The number of aryl methyl sites for hydroxylation is 1. The Labute approximate surface area is 153 Å². The maximum atomic E-state index is 12.7. The summed E-state index contributed by atoms with van der Waals surface area (Å²) in [6.45, 7) is 4.28. The Bertz CT molecular complexity index is 792. The molecule has 2 rings (SSSR count). The van der Waals surface area contributed by atoms with E-state index < -0.39 is 28.1 Å². The quantitative estimate of drug-likeness (QED) is 0.769. The van der Waals surface area contributed by atoms with Gasteiger partial charge in [-0.1, -0.05) is 13.8 Å². The first-order valence-electron chi connectivity index (χ1n) is 8.45. The number of rotatable bonds is 6. The molecule has 2 amide bonds. The van der Waals surface area contributed by atoms with Gasteiger partial charge < -0.3 is 10.5 Å². The third kappa shape index (κ3) is 4.53. The number of amides is 2. The average molecular weight is 383 g/mol.